The van der Waals surface area contributed by atoms with Crippen LogP contribution in [0.15, 0.2) is 48.5 Å². The molecule has 4 nitrogen and oxygen atoms in total. The third kappa shape index (κ3) is 3.51. The quantitative estimate of drug-likeness (QED) is 0.885. The summed E-state index contributed by atoms with van der Waals surface area (Å²) in [6.07, 6.45) is 0.874. The molecule has 0 aliphatic carbocycles. The molecule has 0 unspecified atom stereocenters. The zero-order chi connectivity index (χ0) is 14.4. The number of benzene rings is 2. The van der Waals surface area contributed by atoms with Gasteiger partial charge in [0.1, 0.15) is 5.75 Å². The van der Waals surface area contributed by atoms with Crippen LogP contribution < -0.4 is 15.4 Å². The number of para-hydroxylation sites is 1. The average Bonchev–Trinajstić information content (AvgIpc) is 2.48. The molecule has 0 saturated carbocycles. The van der Waals surface area contributed by atoms with Gasteiger partial charge in [0, 0.05) is 11.4 Å². The molecule has 2 rings (SSSR count). The Hall–Kier alpha value is -2.49. The van der Waals surface area contributed by atoms with E-state index in [2.05, 4.69) is 17.6 Å². The number of aryl methyl sites for hydroxylation is 1. The van der Waals surface area contributed by atoms with Gasteiger partial charge in [-0.1, -0.05) is 25.1 Å². The van der Waals surface area contributed by atoms with E-state index in [1.54, 1.807) is 31.4 Å². The smallest absolute Gasteiger partial charge is 0.323 e. The fourth-order valence-electron chi connectivity index (χ4n) is 1.91. The number of amides is 2. The highest BCUT2D eigenvalue weighted by Gasteiger charge is 2.05. The number of nitrogens with one attached hydrogen (secondary N) is 2. The van der Waals surface area contributed by atoms with Crippen molar-refractivity contribution in [2.45, 2.75) is 13.3 Å². The molecular weight excluding hydrogens is 252 g/mol. The van der Waals surface area contributed by atoms with E-state index in [0.29, 0.717) is 0 Å². The molecule has 0 atom stereocenters. The maximum atomic E-state index is 12.0. The zero-order valence-electron chi connectivity index (χ0n) is 11.6. The summed E-state index contributed by atoms with van der Waals surface area (Å²) in [7, 11) is 1.61. The summed E-state index contributed by atoms with van der Waals surface area (Å²) in [5, 5.41) is 5.64. The average molecular weight is 270 g/mol. The van der Waals surface area contributed by atoms with Gasteiger partial charge in [-0.3, -0.25) is 0 Å². The summed E-state index contributed by atoms with van der Waals surface area (Å²) >= 11 is 0. The SMILES string of the molecule is CCc1ccccc1NC(=O)Nc1ccc(OC)cc1. The van der Waals surface area contributed by atoms with Crippen molar-refractivity contribution in [2.24, 2.45) is 0 Å². The lowest BCUT2D eigenvalue weighted by Crippen LogP contribution is -2.20. The maximum Gasteiger partial charge on any atom is 0.323 e. The molecule has 4 heteroatoms. The van der Waals surface area contributed by atoms with E-state index in [-0.39, 0.29) is 6.03 Å². The van der Waals surface area contributed by atoms with E-state index in [4.69, 9.17) is 4.74 Å². The molecule has 0 spiro atoms. The minimum absolute atomic E-state index is 0.254. The van der Waals surface area contributed by atoms with E-state index >= 15 is 0 Å². The number of methoxy groups -OCH3 is 1. The number of rotatable bonds is 4. The molecule has 0 saturated heterocycles. The monoisotopic (exact) mass is 270 g/mol. The third-order valence-electron chi connectivity index (χ3n) is 2.99. The molecule has 0 radical (unpaired) electrons. The topological polar surface area (TPSA) is 50.4 Å². The molecule has 2 N–H and O–H groups in total. The Morgan fingerprint density at radius 3 is 2.40 bits per heavy atom. The van der Waals surface area contributed by atoms with E-state index in [9.17, 15) is 4.79 Å². The molecule has 0 aliphatic heterocycles. The van der Waals surface area contributed by atoms with Crippen LogP contribution in [0.2, 0.25) is 0 Å². The Morgan fingerprint density at radius 2 is 1.75 bits per heavy atom. The Balaban J connectivity index is 2.01. The fourth-order valence-corrected chi connectivity index (χ4v) is 1.91. The molecule has 0 aliphatic rings. The van der Waals surface area contributed by atoms with Gasteiger partial charge < -0.3 is 15.4 Å². The van der Waals surface area contributed by atoms with Crippen molar-refractivity contribution in [1.82, 2.24) is 0 Å². The van der Waals surface area contributed by atoms with Gasteiger partial charge in [-0.05, 0) is 42.3 Å². The van der Waals surface area contributed by atoms with Crippen molar-refractivity contribution in [2.75, 3.05) is 17.7 Å². The van der Waals surface area contributed by atoms with Gasteiger partial charge in [-0.15, -0.1) is 0 Å². The summed E-state index contributed by atoms with van der Waals surface area (Å²) < 4.78 is 5.07. The van der Waals surface area contributed by atoms with Crippen LogP contribution in [0, 0.1) is 0 Å². The van der Waals surface area contributed by atoms with Crippen molar-refractivity contribution in [3.63, 3.8) is 0 Å². The van der Waals surface area contributed by atoms with Crippen molar-refractivity contribution in [1.29, 1.82) is 0 Å². The first-order valence-electron chi connectivity index (χ1n) is 6.53. The van der Waals surface area contributed by atoms with Crippen molar-refractivity contribution in [3.05, 3.63) is 54.1 Å². The Morgan fingerprint density at radius 1 is 1.05 bits per heavy atom. The molecule has 2 aromatic rings. The molecule has 0 heterocycles. The zero-order valence-corrected chi connectivity index (χ0v) is 11.6. The number of hydrogen-bond acceptors (Lipinski definition) is 2. The van der Waals surface area contributed by atoms with Gasteiger partial charge >= 0.3 is 6.03 Å². The van der Waals surface area contributed by atoms with Gasteiger partial charge in [0.15, 0.2) is 0 Å². The minimum Gasteiger partial charge on any atom is -0.497 e. The van der Waals surface area contributed by atoms with Crippen LogP contribution in [-0.2, 0) is 6.42 Å². The molecule has 104 valence electrons. The summed E-state index contributed by atoms with van der Waals surface area (Å²) in [5.41, 5.74) is 2.66. The Labute approximate surface area is 118 Å². The third-order valence-corrected chi connectivity index (χ3v) is 2.99. The lowest BCUT2D eigenvalue weighted by molar-refractivity contribution is 0.262. The second-order valence-electron chi connectivity index (χ2n) is 4.32. The first-order valence-corrected chi connectivity index (χ1v) is 6.53. The van der Waals surface area contributed by atoms with Crippen LogP contribution >= 0.6 is 0 Å². The van der Waals surface area contributed by atoms with Crippen molar-refractivity contribution < 1.29 is 9.53 Å². The standard InChI is InChI=1S/C16H18N2O2/c1-3-12-6-4-5-7-15(12)18-16(19)17-13-8-10-14(20-2)11-9-13/h4-11H,3H2,1-2H3,(H2,17,18,19). The van der Waals surface area contributed by atoms with Gasteiger partial charge in [0.2, 0.25) is 0 Å². The summed E-state index contributed by atoms with van der Waals surface area (Å²) in [6, 6.07) is 14.7. The Bertz CT molecular complexity index is 579. The number of carbonyl (C=O) groups excluding carboxylic acids is 1. The van der Waals surface area contributed by atoms with Gasteiger partial charge in [0.05, 0.1) is 7.11 Å². The summed E-state index contributed by atoms with van der Waals surface area (Å²) in [5.74, 6) is 0.757. The van der Waals surface area contributed by atoms with Crippen LogP contribution in [0.5, 0.6) is 5.75 Å². The summed E-state index contributed by atoms with van der Waals surface area (Å²) in [4.78, 5) is 12.0. The van der Waals surface area contributed by atoms with Gasteiger partial charge in [-0.25, -0.2) is 4.79 Å². The Kier molecular flexibility index (Phi) is 4.60. The molecular formula is C16H18N2O2. The molecule has 2 amide bonds. The van der Waals surface area contributed by atoms with Crippen molar-refractivity contribution in [3.8, 4) is 5.75 Å². The number of urea groups is 1. The first kappa shape index (κ1) is 13.9. The fraction of sp³-hybridized carbons (Fsp3) is 0.188. The normalized spacial score (nSPS) is 9.90. The second kappa shape index (κ2) is 6.61. The molecule has 0 bridgehead atoms. The van der Waals surface area contributed by atoms with Crippen molar-refractivity contribution >= 4 is 17.4 Å². The van der Waals surface area contributed by atoms with E-state index in [1.165, 1.54) is 0 Å². The maximum absolute atomic E-state index is 12.0. The number of carbonyl (C=O) groups is 1. The van der Waals surface area contributed by atoms with E-state index < -0.39 is 0 Å². The van der Waals surface area contributed by atoms with E-state index in [1.807, 2.05) is 24.3 Å². The molecule has 0 aromatic heterocycles. The highest BCUT2D eigenvalue weighted by Crippen LogP contribution is 2.17. The first-order chi connectivity index (χ1) is 9.72. The van der Waals surface area contributed by atoms with Crippen LogP contribution in [0.4, 0.5) is 16.2 Å². The van der Waals surface area contributed by atoms with Crippen LogP contribution in [0.3, 0.4) is 0 Å². The molecule has 20 heavy (non-hydrogen) atoms. The number of hydrogen-bond donors (Lipinski definition) is 2. The highest BCUT2D eigenvalue weighted by atomic mass is 16.5. The minimum atomic E-state index is -0.254. The predicted octanol–water partition coefficient (Wildman–Crippen LogP) is 3.90. The van der Waals surface area contributed by atoms with Gasteiger partial charge in [0.25, 0.3) is 0 Å². The number of ether oxygens (including phenoxy) is 1. The lowest BCUT2D eigenvalue weighted by atomic mass is 10.1. The van der Waals surface area contributed by atoms with Gasteiger partial charge in [-0.2, -0.15) is 0 Å². The van der Waals surface area contributed by atoms with Crippen LogP contribution in [0.25, 0.3) is 0 Å². The van der Waals surface area contributed by atoms with E-state index in [0.717, 1.165) is 29.1 Å². The lowest BCUT2D eigenvalue weighted by Gasteiger charge is -2.11. The van der Waals surface area contributed by atoms with Crippen LogP contribution in [0.1, 0.15) is 12.5 Å². The molecule has 0 fully saturated rings. The molecule has 2 aromatic carbocycles. The largest absolute Gasteiger partial charge is 0.497 e. The number of anilines is 2. The summed E-state index contributed by atoms with van der Waals surface area (Å²) in [6.45, 7) is 2.06. The second-order valence-corrected chi connectivity index (χ2v) is 4.32. The van der Waals surface area contributed by atoms with Crippen LogP contribution in [-0.4, -0.2) is 13.1 Å². The predicted molar refractivity (Wildman–Crippen MR) is 81.5 cm³/mol. The highest BCUT2D eigenvalue weighted by molar-refractivity contribution is 6.00.